The molecule has 0 fully saturated rings. The van der Waals surface area contributed by atoms with Gasteiger partial charge in [-0.25, -0.2) is 0 Å². The second-order valence-corrected chi connectivity index (χ2v) is 5.90. The van der Waals surface area contributed by atoms with Crippen LogP contribution in [0.3, 0.4) is 0 Å². The quantitative estimate of drug-likeness (QED) is 0.665. The molecule has 0 atom stereocenters. The largest absolute Gasteiger partial charge is 0.298 e. The summed E-state index contributed by atoms with van der Waals surface area (Å²) in [7, 11) is 0. The van der Waals surface area contributed by atoms with Gasteiger partial charge in [0.1, 0.15) is 0 Å². The molecule has 0 aromatic carbocycles. The highest BCUT2D eigenvalue weighted by atomic mass is 16.1. The van der Waals surface area contributed by atoms with Gasteiger partial charge in [-0.2, -0.15) is 0 Å². The SMILES string of the molecule is C#CCN(CC(=O)C(C)(C)C)C(C)(C)C. The number of carbonyl (C=O) groups is 1. The topological polar surface area (TPSA) is 20.3 Å². The molecular weight excluding hydrogens is 186 g/mol. The van der Waals surface area contributed by atoms with Crippen molar-refractivity contribution in [3.8, 4) is 12.3 Å². The predicted molar refractivity (Wildman–Crippen MR) is 64.6 cm³/mol. The minimum atomic E-state index is -0.294. The van der Waals surface area contributed by atoms with Gasteiger partial charge in [0, 0.05) is 11.0 Å². The number of terminal acetylenes is 1. The molecular formula is C13H23NO. The minimum Gasteiger partial charge on any atom is -0.298 e. The Balaban J connectivity index is 4.59. The summed E-state index contributed by atoms with van der Waals surface area (Å²) in [4.78, 5) is 13.9. The first kappa shape index (κ1) is 14.2. The Morgan fingerprint density at radius 2 is 1.67 bits per heavy atom. The highest BCUT2D eigenvalue weighted by Gasteiger charge is 2.28. The first-order valence-electron chi connectivity index (χ1n) is 5.31. The van der Waals surface area contributed by atoms with Gasteiger partial charge in [0.25, 0.3) is 0 Å². The molecule has 0 radical (unpaired) electrons. The molecule has 0 bridgehead atoms. The van der Waals surface area contributed by atoms with E-state index in [9.17, 15) is 4.79 Å². The second kappa shape index (κ2) is 4.81. The fraction of sp³-hybridized carbons (Fsp3) is 0.769. The number of hydrogen-bond donors (Lipinski definition) is 0. The zero-order valence-corrected chi connectivity index (χ0v) is 10.8. The normalized spacial score (nSPS) is 12.7. The summed E-state index contributed by atoms with van der Waals surface area (Å²) in [6, 6.07) is 0. The number of hydrogen-bond acceptors (Lipinski definition) is 2. The molecule has 0 unspecified atom stereocenters. The fourth-order valence-electron chi connectivity index (χ4n) is 1.05. The van der Waals surface area contributed by atoms with Gasteiger partial charge in [0.15, 0.2) is 5.78 Å². The van der Waals surface area contributed by atoms with Crippen LogP contribution in [-0.2, 0) is 4.79 Å². The van der Waals surface area contributed by atoms with E-state index in [0.29, 0.717) is 13.1 Å². The van der Waals surface area contributed by atoms with Crippen molar-refractivity contribution >= 4 is 5.78 Å². The molecule has 0 aliphatic heterocycles. The standard InChI is InChI=1S/C13H23NO/c1-8-9-14(13(5,6)7)10-11(15)12(2,3)4/h1H,9-10H2,2-7H3. The molecule has 86 valence electrons. The van der Waals surface area contributed by atoms with Gasteiger partial charge in [-0.05, 0) is 20.8 Å². The summed E-state index contributed by atoms with van der Waals surface area (Å²) >= 11 is 0. The summed E-state index contributed by atoms with van der Waals surface area (Å²) in [5.74, 6) is 2.83. The summed E-state index contributed by atoms with van der Waals surface area (Å²) in [6.45, 7) is 13.0. The van der Waals surface area contributed by atoms with Crippen LogP contribution in [0.15, 0.2) is 0 Å². The maximum atomic E-state index is 11.9. The van der Waals surface area contributed by atoms with E-state index in [2.05, 4.69) is 26.7 Å². The maximum Gasteiger partial charge on any atom is 0.152 e. The molecule has 0 aliphatic carbocycles. The molecule has 0 aromatic heterocycles. The van der Waals surface area contributed by atoms with E-state index >= 15 is 0 Å². The zero-order chi connectivity index (χ0) is 12.3. The van der Waals surface area contributed by atoms with Crippen LogP contribution in [-0.4, -0.2) is 29.3 Å². The Hall–Kier alpha value is -0.810. The van der Waals surface area contributed by atoms with E-state index < -0.39 is 0 Å². The Kier molecular flexibility index (Phi) is 4.55. The maximum absolute atomic E-state index is 11.9. The Morgan fingerprint density at radius 1 is 1.20 bits per heavy atom. The lowest BCUT2D eigenvalue weighted by Gasteiger charge is -2.35. The number of carbonyl (C=O) groups excluding carboxylic acids is 1. The van der Waals surface area contributed by atoms with Crippen LogP contribution in [0.1, 0.15) is 41.5 Å². The fourth-order valence-corrected chi connectivity index (χ4v) is 1.05. The number of rotatable bonds is 3. The van der Waals surface area contributed by atoms with Crippen molar-refractivity contribution in [3.05, 3.63) is 0 Å². The smallest absolute Gasteiger partial charge is 0.152 e. The third kappa shape index (κ3) is 4.99. The van der Waals surface area contributed by atoms with Crippen molar-refractivity contribution < 1.29 is 4.79 Å². The first-order chi connectivity index (χ1) is 6.59. The van der Waals surface area contributed by atoms with E-state index in [4.69, 9.17) is 6.42 Å². The van der Waals surface area contributed by atoms with Crippen LogP contribution in [0.5, 0.6) is 0 Å². The van der Waals surface area contributed by atoms with Crippen molar-refractivity contribution in [2.24, 2.45) is 5.41 Å². The van der Waals surface area contributed by atoms with Crippen LogP contribution in [0, 0.1) is 17.8 Å². The predicted octanol–water partition coefficient (Wildman–Crippen LogP) is 2.34. The molecule has 0 spiro atoms. The first-order valence-corrected chi connectivity index (χ1v) is 5.31. The molecule has 2 heteroatoms. The average molecular weight is 209 g/mol. The van der Waals surface area contributed by atoms with E-state index in [0.717, 1.165) is 0 Å². The van der Waals surface area contributed by atoms with Crippen molar-refractivity contribution in [2.45, 2.75) is 47.1 Å². The average Bonchev–Trinajstić information content (AvgIpc) is 1.99. The van der Waals surface area contributed by atoms with Crippen LogP contribution in [0.4, 0.5) is 0 Å². The molecule has 2 nitrogen and oxygen atoms in total. The highest BCUT2D eigenvalue weighted by molar-refractivity contribution is 5.85. The van der Waals surface area contributed by atoms with E-state index in [1.54, 1.807) is 0 Å². The van der Waals surface area contributed by atoms with Crippen molar-refractivity contribution in [2.75, 3.05) is 13.1 Å². The molecule has 0 saturated heterocycles. The molecule has 0 rings (SSSR count). The van der Waals surface area contributed by atoms with Crippen LogP contribution >= 0.6 is 0 Å². The highest BCUT2D eigenvalue weighted by Crippen LogP contribution is 2.19. The number of ketones is 1. The molecule has 0 N–H and O–H groups in total. The third-order valence-electron chi connectivity index (χ3n) is 2.40. The van der Waals surface area contributed by atoms with Gasteiger partial charge < -0.3 is 0 Å². The summed E-state index contributed by atoms with van der Waals surface area (Å²) in [6.07, 6.45) is 5.31. The van der Waals surface area contributed by atoms with Gasteiger partial charge in [-0.3, -0.25) is 9.69 Å². The van der Waals surface area contributed by atoms with E-state index in [1.165, 1.54) is 0 Å². The minimum absolute atomic E-state index is 0.0622. The van der Waals surface area contributed by atoms with Crippen LogP contribution in [0.25, 0.3) is 0 Å². The third-order valence-corrected chi connectivity index (χ3v) is 2.40. The lowest BCUT2D eigenvalue weighted by atomic mass is 9.89. The number of Topliss-reactive ketones (excluding diaryl/α,β-unsaturated/α-hetero) is 1. The van der Waals surface area contributed by atoms with Crippen molar-refractivity contribution in [1.82, 2.24) is 4.90 Å². The lowest BCUT2D eigenvalue weighted by Crippen LogP contribution is -2.46. The zero-order valence-electron chi connectivity index (χ0n) is 10.8. The van der Waals surface area contributed by atoms with Gasteiger partial charge >= 0.3 is 0 Å². The lowest BCUT2D eigenvalue weighted by molar-refractivity contribution is -0.128. The van der Waals surface area contributed by atoms with E-state index in [-0.39, 0.29) is 16.7 Å². The van der Waals surface area contributed by atoms with Crippen molar-refractivity contribution in [1.29, 1.82) is 0 Å². The molecule has 0 amide bonds. The molecule has 0 saturated carbocycles. The van der Waals surface area contributed by atoms with Crippen LogP contribution in [0.2, 0.25) is 0 Å². The van der Waals surface area contributed by atoms with Gasteiger partial charge in [0.2, 0.25) is 0 Å². The summed E-state index contributed by atoms with van der Waals surface area (Å²) in [5, 5.41) is 0. The van der Waals surface area contributed by atoms with Crippen molar-refractivity contribution in [3.63, 3.8) is 0 Å². The Bertz CT molecular complexity index is 260. The van der Waals surface area contributed by atoms with E-state index in [1.807, 2.05) is 25.7 Å². The summed E-state index contributed by atoms with van der Waals surface area (Å²) < 4.78 is 0. The number of nitrogens with zero attached hydrogens (tertiary/aromatic N) is 1. The second-order valence-electron chi connectivity index (χ2n) is 5.90. The molecule has 15 heavy (non-hydrogen) atoms. The summed E-state index contributed by atoms with van der Waals surface area (Å²) in [5.41, 5.74) is -0.356. The van der Waals surface area contributed by atoms with Crippen LogP contribution < -0.4 is 0 Å². The molecule has 0 aliphatic rings. The Labute approximate surface area is 94.0 Å². The van der Waals surface area contributed by atoms with Gasteiger partial charge in [-0.1, -0.05) is 26.7 Å². The van der Waals surface area contributed by atoms with Gasteiger partial charge in [0.05, 0.1) is 13.1 Å². The molecule has 0 heterocycles. The molecule has 0 aromatic rings. The monoisotopic (exact) mass is 209 g/mol. The van der Waals surface area contributed by atoms with Gasteiger partial charge in [-0.15, -0.1) is 6.42 Å². The Morgan fingerprint density at radius 3 is 1.93 bits per heavy atom.